The van der Waals surface area contributed by atoms with Gasteiger partial charge >= 0.3 is 0 Å². The first-order valence-corrected chi connectivity index (χ1v) is 7.15. The van der Waals surface area contributed by atoms with Gasteiger partial charge in [-0.3, -0.25) is 14.8 Å². The topological polar surface area (TPSA) is 73.0 Å². The molecule has 0 aliphatic heterocycles. The molecule has 1 N–H and O–H groups in total. The summed E-state index contributed by atoms with van der Waals surface area (Å²) >= 11 is 5.84. The van der Waals surface area contributed by atoms with Gasteiger partial charge in [-0.05, 0) is 31.4 Å². The minimum atomic E-state index is -0.468. The third kappa shape index (κ3) is 2.58. The summed E-state index contributed by atoms with van der Waals surface area (Å²) in [6, 6.07) is 4.92. The SMILES string of the molecule is Cn1ncc2c1CCCC2Nc1ccc(Cl)c([N+](=O)[O-])c1. The molecule has 1 atom stereocenters. The number of fused-ring (bicyclic) bond motifs is 1. The third-order valence-corrected chi connectivity index (χ3v) is 4.18. The molecule has 0 saturated carbocycles. The van der Waals surface area contributed by atoms with Crippen LogP contribution in [0.3, 0.4) is 0 Å². The van der Waals surface area contributed by atoms with Crippen LogP contribution < -0.4 is 5.32 Å². The highest BCUT2D eigenvalue weighted by Gasteiger charge is 2.24. The van der Waals surface area contributed by atoms with E-state index in [1.807, 2.05) is 17.9 Å². The zero-order valence-electron chi connectivity index (χ0n) is 11.5. The maximum absolute atomic E-state index is 10.9. The highest BCUT2D eigenvalue weighted by Crippen LogP contribution is 2.34. The molecule has 1 aromatic carbocycles. The molecule has 1 aliphatic carbocycles. The highest BCUT2D eigenvalue weighted by molar-refractivity contribution is 6.32. The largest absolute Gasteiger partial charge is 0.378 e. The van der Waals surface area contributed by atoms with Crippen molar-refractivity contribution < 1.29 is 4.92 Å². The smallest absolute Gasteiger partial charge is 0.289 e. The van der Waals surface area contributed by atoms with Crippen LogP contribution in [0.2, 0.25) is 5.02 Å². The summed E-state index contributed by atoms with van der Waals surface area (Å²) in [5.41, 5.74) is 3.01. The predicted octanol–water partition coefficient (Wildman–Crippen LogP) is 3.47. The molecule has 1 heterocycles. The molecule has 0 fully saturated rings. The summed E-state index contributed by atoms with van der Waals surface area (Å²) in [5, 5.41) is 18.8. The van der Waals surface area contributed by atoms with Crippen molar-refractivity contribution >= 4 is 23.0 Å². The Morgan fingerprint density at radius 1 is 1.52 bits per heavy atom. The summed E-state index contributed by atoms with van der Waals surface area (Å²) in [7, 11) is 1.94. The molecule has 1 aromatic heterocycles. The Bertz CT molecular complexity index is 698. The van der Waals surface area contributed by atoms with Gasteiger partial charge in [0.15, 0.2) is 0 Å². The number of hydrogen-bond acceptors (Lipinski definition) is 4. The molecule has 7 heteroatoms. The standard InChI is InChI=1S/C14H15ClN4O2/c1-18-13-4-2-3-12(10(13)8-16-18)17-9-5-6-11(15)14(7-9)19(20)21/h5-8,12,17H,2-4H2,1H3. The van der Waals surface area contributed by atoms with Crippen molar-refractivity contribution in [1.29, 1.82) is 0 Å². The van der Waals surface area contributed by atoms with Gasteiger partial charge in [-0.2, -0.15) is 5.10 Å². The van der Waals surface area contributed by atoms with Crippen molar-refractivity contribution in [3.8, 4) is 0 Å². The minimum absolute atomic E-state index is 0.0797. The number of nitro benzene ring substituents is 1. The fourth-order valence-corrected chi connectivity index (χ4v) is 2.99. The Hall–Kier alpha value is -2.08. The average Bonchev–Trinajstić information content (AvgIpc) is 2.84. The van der Waals surface area contributed by atoms with Crippen molar-refractivity contribution in [3.05, 3.63) is 50.8 Å². The van der Waals surface area contributed by atoms with Gasteiger partial charge in [0, 0.05) is 30.1 Å². The quantitative estimate of drug-likeness (QED) is 0.696. The van der Waals surface area contributed by atoms with E-state index in [1.54, 1.807) is 12.1 Å². The number of rotatable bonds is 3. The van der Waals surface area contributed by atoms with Crippen molar-refractivity contribution in [2.75, 3.05) is 5.32 Å². The van der Waals surface area contributed by atoms with E-state index in [0.29, 0.717) is 5.69 Å². The second-order valence-electron chi connectivity index (χ2n) is 5.18. The van der Waals surface area contributed by atoms with Crippen LogP contribution in [0.15, 0.2) is 24.4 Å². The number of nitro groups is 1. The molecule has 2 aromatic rings. The van der Waals surface area contributed by atoms with Gasteiger partial charge in [0.1, 0.15) is 5.02 Å². The molecule has 0 saturated heterocycles. The van der Waals surface area contributed by atoms with Crippen LogP contribution in [0.4, 0.5) is 11.4 Å². The van der Waals surface area contributed by atoms with Gasteiger partial charge in [-0.15, -0.1) is 0 Å². The molecule has 0 radical (unpaired) electrons. The first kappa shape index (κ1) is 13.9. The van der Waals surface area contributed by atoms with E-state index in [0.717, 1.165) is 19.3 Å². The number of halogens is 1. The Morgan fingerprint density at radius 2 is 2.33 bits per heavy atom. The van der Waals surface area contributed by atoms with E-state index in [9.17, 15) is 10.1 Å². The predicted molar refractivity (Wildman–Crippen MR) is 80.6 cm³/mol. The molecule has 0 bridgehead atoms. The van der Waals surface area contributed by atoms with E-state index < -0.39 is 4.92 Å². The van der Waals surface area contributed by atoms with Gasteiger partial charge in [0.25, 0.3) is 5.69 Å². The monoisotopic (exact) mass is 306 g/mol. The Balaban J connectivity index is 1.88. The van der Waals surface area contributed by atoms with E-state index in [4.69, 9.17) is 11.6 Å². The van der Waals surface area contributed by atoms with E-state index in [1.165, 1.54) is 17.3 Å². The summed E-state index contributed by atoms with van der Waals surface area (Å²) in [6.07, 6.45) is 4.94. The van der Waals surface area contributed by atoms with Crippen molar-refractivity contribution in [3.63, 3.8) is 0 Å². The lowest BCUT2D eigenvalue weighted by Crippen LogP contribution is -2.17. The lowest BCUT2D eigenvalue weighted by Gasteiger charge is -2.24. The van der Waals surface area contributed by atoms with E-state index in [-0.39, 0.29) is 16.8 Å². The average molecular weight is 307 g/mol. The van der Waals surface area contributed by atoms with Crippen LogP contribution in [-0.4, -0.2) is 14.7 Å². The normalized spacial score (nSPS) is 17.3. The molecule has 3 rings (SSSR count). The molecule has 0 spiro atoms. The maximum atomic E-state index is 10.9. The van der Waals surface area contributed by atoms with Crippen LogP contribution in [-0.2, 0) is 13.5 Å². The number of benzene rings is 1. The van der Waals surface area contributed by atoms with Gasteiger partial charge in [-0.25, -0.2) is 0 Å². The molecule has 1 unspecified atom stereocenters. The van der Waals surface area contributed by atoms with E-state index in [2.05, 4.69) is 10.4 Å². The minimum Gasteiger partial charge on any atom is -0.378 e. The third-order valence-electron chi connectivity index (χ3n) is 3.86. The molecule has 0 amide bonds. The van der Waals surface area contributed by atoms with Crippen LogP contribution in [0, 0.1) is 10.1 Å². The van der Waals surface area contributed by atoms with Gasteiger partial charge in [-0.1, -0.05) is 11.6 Å². The maximum Gasteiger partial charge on any atom is 0.289 e. The van der Waals surface area contributed by atoms with Gasteiger partial charge in [0.2, 0.25) is 0 Å². The zero-order chi connectivity index (χ0) is 15.0. The Kier molecular flexibility index (Phi) is 3.55. The first-order valence-electron chi connectivity index (χ1n) is 6.77. The fraction of sp³-hybridized carbons (Fsp3) is 0.357. The van der Waals surface area contributed by atoms with Crippen LogP contribution in [0.25, 0.3) is 0 Å². The molecular formula is C14H15ClN4O2. The summed E-state index contributed by atoms with van der Waals surface area (Å²) in [6.45, 7) is 0. The van der Waals surface area contributed by atoms with Crippen LogP contribution in [0.5, 0.6) is 0 Å². The van der Waals surface area contributed by atoms with Crippen molar-refractivity contribution in [2.45, 2.75) is 25.3 Å². The summed E-state index contributed by atoms with van der Waals surface area (Å²) < 4.78 is 1.90. The molecule has 1 aliphatic rings. The highest BCUT2D eigenvalue weighted by atomic mass is 35.5. The number of aromatic nitrogens is 2. The van der Waals surface area contributed by atoms with Gasteiger partial charge in [0.05, 0.1) is 17.2 Å². The van der Waals surface area contributed by atoms with Crippen molar-refractivity contribution in [2.24, 2.45) is 7.05 Å². The molecule has 21 heavy (non-hydrogen) atoms. The number of nitrogens with zero attached hydrogens (tertiary/aromatic N) is 3. The van der Waals surface area contributed by atoms with Crippen LogP contribution in [0.1, 0.15) is 30.1 Å². The Labute approximate surface area is 126 Å². The zero-order valence-corrected chi connectivity index (χ0v) is 12.3. The second kappa shape index (κ2) is 5.37. The summed E-state index contributed by atoms with van der Waals surface area (Å²) in [4.78, 5) is 10.5. The van der Waals surface area contributed by atoms with E-state index >= 15 is 0 Å². The number of anilines is 1. The molecule has 110 valence electrons. The number of nitrogens with one attached hydrogen (secondary N) is 1. The Morgan fingerprint density at radius 3 is 3.10 bits per heavy atom. The van der Waals surface area contributed by atoms with Crippen molar-refractivity contribution in [1.82, 2.24) is 9.78 Å². The van der Waals surface area contributed by atoms with Crippen LogP contribution >= 0.6 is 11.6 Å². The lowest BCUT2D eigenvalue weighted by molar-refractivity contribution is -0.384. The fourth-order valence-electron chi connectivity index (χ4n) is 2.80. The first-order chi connectivity index (χ1) is 10.1. The molecular weight excluding hydrogens is 292 g/mol. The number of aryl methyl sites for hydroxylation is 1. The lowest BCUT2D eigenvalue weighted by atomic mass is 9.93. The second-order valence-corrected chi connectivity index (χ2v) is 5.59. The number of hydrogen-bond donors (Lipinski definition) is 1. The summed E-state index contributed by atoms with van der Waals surface area (Å²) in [5.74, 6) is 0. The van der Waals surface area contributed by atoms with Gasteiger partial charge < -0.3 is 5.32 Å². The molecule has 6 nitrogen and oxygen atoms in total.